The summed E-state index contributed by atoms with van der Waals surface area (Å²) in [6.07, 6.45) is -2.80. The Morgan fingerprint density at radius 1 is 1.54 bits per heavy atom. The maximum Gasteiger partial charge on any atom is 0.284 e. The number of halogens is 2. The molecule has 1 rings (SSSR count). The molecule has 0 fully saturated rings. The zero-order valence-corrected chi connectivity index (χ0v) is 7.21. The maximum absolute atomic E-state index is 12.2. The maximum atomic E-state index is 12.2. The van der Waals surface area contributed by atoms with Crippen molar-refractivity contribution in [1.29, 1.82) is 0 Å². The van der Waals surface area contributed by atoms with E-state index in [2.05, 4.69) is 4.98 Å². The molecule has 0 aliphatic heterocycles. The van der Waals surface area contributed by atoms with Crippen LogP contribution in [0.4, 0.5) is 8.78 Å². The Morgan fingerprint density at radius 3 is 2.62 bits per heavy atom. The highest BCUT2D eigenvalue weighted by Gasteiger charge is 2.17. The van der Waals surface area contributed by atoms with E-state index in [-0.39, 0.29) is 5.88 Å². The van der Waals surface area contributed by atoms with Crippen molar-refractivity contribution in [1.82, 2.24) is 4.98 Å². The van der Waals surface area contributed by atoms with Gasteiger partial charge in [-0.25, -0.2) is 13.8 Å². The van der Waals surface area contributed by atoms with Gasteiger partial charge in [-0.15, -0.1) is 0 Å². The van der Waals surface area contributed by atoms with Crippen LogP contribution in [0.15, 0.2) is 6.07 Å². The summed E-state index contributed by atoms with van der Waals surface area (Å²) >= 11 is 0. The molecule has 1 N–H and O–H groups in total. The van der Waals surface area contributed by atoms with Gasteiger partial charge in [-0.3, -0.25) is 0 Å². The fraction of sp³-hybridized carbons (Fsp3) is 0.375. The summed E-state index contributed by atoms with van der Waals surface area (Å²) < 4.78 is 29.1. The third kappa shape index (κ3) is 1.85. The third-order valence-corrected chi connectivity index (χ3v) is 1.58. The minimum absolute atomic E-state index is 0.105. The van der Waals surface area contributed by atoms with Gasteiger partial charge in [-0.05, 0) is 13.0 Å². The average molecular weight is 189 g/mol. The number of rotatable bonds is 2. The minimum atomic E-state index is -2.80. The second-order valence-electron chi connectivity index (χ2n) is 2.52. The lowest BCUT2D eigenvalue weighted by Crippen LogP contribution is -1.97. The van der Waals surface area contributed by atoms with E-state index in [0.29, 0.717) is 5.56 Å². The summed E-state index contributed by atoms with van der Waals surface area (Å²) in [6.45, 7) is 1.61. The van der Waals surface area contributed by atoms with Crippen molar-refractivity contribution in [3.8, 4) is 11.6 Å². The van der Waals surface area contributed by atoms with Crippen LogP contribution in [-0.2, 0) is 0 Å². The van der Waals surface area contributed by atoms with Crippen LogP contribution < -0.4 is 4.74 Å². The molecular formula is C8H9F2NO2. The number of hydrogen-bond acceptors (Lipinski definition) is 3. The largest absolute Gasteiger partial charge is 0.506 e. The smallest absolute Gasteiger partial charge is 0.284 e. The van der Waals surface area contributed by atoms with E-state index >= 15 is 0 Å². The van der Waals surface area contributed by atoms with Crippen molar-refractivity contribution in [2.24, 2.45) is 0 Å². The number of hydrogen-bond donors (Lipinski definition) is 1. The van der Waals surface area contributed by atoms with Crippen LogP contribution in [0, 0.1) is 6.92 Å². The SMILES string of the molecule is COc1nc(C(F)F)c(O)cc1C. The number of ether oxygens (including phenoxy) is 1. The molecule has 0 aliphatic rings. The number of alkyl halides is 2. The predicted octanol–water partition coefficient (Wildman–Crippen LogP) is 2.04. The summed E-state index contributed by atoms with van der Waals surface area (Å²) in [5.41, 5.74) is -0.133. The van der Waals surface area contributed by atoms with Gasteiger partial charge in [0, 0.05) is 5.56 Å². The minimum Gasteiger partial charge on any atom is -0.506 e. The number of methoxy groups -OCH3 is 1. The van der Waals surface area contributed by atoms with Gasteiger partial charge in [0.05, 0.1) is 7.11 Å². The summed E-state index contributed by atoms with van der Waals surface area (Å²) in [6, 6.07) is 1.20. The lowest BCUT2D eigenvalue weighted by atomic mass is 10.2. The molecule has 1 aromatic rings. The van der Waals surface area contributed by atoms with Crippen molar-refractivity contribution in [3.05, 3.63) is 17.3 Å². The van der Waals surface area contributed by atoms with E-state index in [1.165, 1.54) is 13.2 Å². The molecule has 0 bridgehead atoms. The Labute approximate surface area is 74.0 Å². The van der Waals surface area contributed by atoms with Crippen LogP contribution in [0.5, 0.6) is 11.6 Å². The molecule has 1 aromatic heterocycles. The standard InChI is InChI=1S/C8H9F2NO2/c1-4-3-5(12)6(7(9)10)11-8(4)13-2/h3,7,12H,1-2H3. The fourth-order valence-electron chi connectivity index (χ4n) is 0.963. The summed E-state index contributed by atoms with van der Waals surface area (Å²) in [7, 11) is 1.33. The Morgan fingerprint density at radius 2 is 2.15 bits per heavy atom. The monoisotopic (exact) mass is 189 g/mol. The zero-order chi connectivity index (χ0) is 10.0. The van der Waals surface area contributed by atoms with Crippen LogP contribution in [0.2, 0.25) is 0 Å². The number of aromatic nitrogens is 1. The van der Waals surface area contributed by atoms with Gasteiger partial charge in [0.15, 0.2) is 5.69 Å². The highest BCUT2D eigenvalue weighted by Crippen LogP contribution is 2.30. The van der Waals surface area contributed by atoms with Crippen molar-refractivity contribution in [3.63, 3.8) is 0 Å². The van der Waals surface area contributed by atoms with Gasteiger partial charge >= 0.3 is 0 Å². The van der Waals surface area contributed by atoms with Crippen molar-refractivity contribution in [2.75, 3.05) is 7.11 Å². The number of aryl methyl sites for hydroxylation is 1. The Hall–Kier alpha value is -1.39. The zero-order valence-electron chi connectivity index (χ0n) is 7.21. The van der Waals surface area contributed by atoms with Crippen molar-refractivity contribution < 1.29 is 18.6 Å². The molecule has 13 heavy (non-hydrogen) atoms. The van der Waals surface area contributed by atoms with E-state index in [9.17, 15) is 8.78 Å². The van der Waals surface area contributed by atoms with Crippen molar-refractivity contribution >= 4 is 0 Å². The molecule has 0 spiro atoms. The highest BCUT2D eigenvalue weighted by molar-refractivity contribution is 5.37. The van der Waals surface area contributed by atoms with Gasteiger partial charge in [-0.1, -0.05) is 0 Å². The topological polar surface area (TPSA) is 42.4 Å². The van der Waals surface area contributed by atoms with E-state index in [0.717, 1.165) is 0 Å². The van der Waals surface area contributed by atoms with Gasteiger partial charge in [-0.2, -0.15) is 0 Å². The molecule has 0 atom stereocenters. The number of aromatic hydroxyl groups is 1. The van der Waals surface area contributed by atoms with E-state index in [1.54, 1.807) is 6.92 Å². The molecule has 72 valence electrons. The normalized spacial score (nSPS) is 10.5. The Bertz CT molecular complexity index is 315. The molecule has 0 aliphatic carbocycles. The van der Waals surface area contributed by atoms with Gasteiger partial charge in [0.2, 0.25) is 5.88 Å². The molecule has 0 saturated heterocycles. The van der Waals surface area contributed by atoms with Crippen LogP contribution in [0.3, 0.4) is 0 Å². The lowest BCUT2D eigenvalue weighted by Gasteiger charge is -2.07. The van der Waals surface area contributed by atoms with Gasteiger partial charge in [0.1, 0.15) is 5.75 Å². The quantitative estimate of drug-likeness (QED) is 0.774. The molecule has 0 saturated carbocycles. The molecular weight excluding hydrogens is 180 g/mol. The van der Waals surface area contributed by atoms with Crippen molar-refractivity contribution in [2.45, 2.75) is 13.3 Å². The van der Waals surface area contributed by atoms with E-state index in [1.807, 2.05) is 0 Å². The predicted molar refractivity (Wildman–Crippen MR) is 42.1 cm³/mol. The Kier molecular flexibility index (Phi) is 2.65. The number of pyridine rings is 1. The molecule has 0 amide bonds. The molecule has 1 heterocycles. The van der Waals surface area contributed by atoms with Crippen LogP contribution in [0.25, 0.3) is 0 Å². The second-order valence-corrected chi connectivity index (χ2v) is 2.52. The van der Waals surface area contributed by atoms with Gasteiger partial charge in [0.25, 0.3) is 6.43 Å². The first-order valence-corrected chi connectivity index (χ1v) is 3.59. The second kappa shape index (κ2) is 3.55. The first kappa shape index (κ1) is 9.70. The van der Waals surface area contributed by atoms with E-state index < -0.39 is 17.9 Å². The molecule has 5 heteroatoms. The fourth-order valence-corrected chi connectivity index (χ4v) is 0.963. The third-order valence-electron chi connectivity index (χ3n) is 1.58. The summed E-state index contributed by atoms with van der Waals surface area (Å²) in [5, 5.41) is 9.08. The highest BCUT2D eigenvalue weighted by atomic mass is 19.3. The number of nitrogens with zero attached hydrogens (tertiary/aromatic N) is 1. The van der Waals surface area contributed by atoms with Crippen LogP contribution >= 0.6 is 0 Å². The summed E-state index contributed by atoms with van der Waals surface area (Å²) in [4.78, 5) is 3.47. The molecule has 0 aromatic carbocycles. The molecule has 0 unspecified atom stereocenters. The van der Waals surface area contributed by atoms with Crippen LogP contribution in [-0.4, -0.2) is 17.2 Å². The lowest BCUT2D eigenvalue weighted by molar-refractivity contribution is 0.140. The average Bonchev–Trinajstić information content (AvgIpc) is 2.03. The first-order chi connectivity index (χ1) is 6.06. The van der Waals surface area contributed by atoms with Crippen LogP contribution in [0.1, 0.15) is 17.7 Å². The van der Waals surface area contributed by atoms with Gasteiger partial charge < -0.3 is 9.84 Å². The summed E-state index contributed by atoms with van der Waals surface area (Å²) in [5.74, 6) is -0.401. The molecule has 3 nitrogen and oxygen atoms in total. The Balaban J connectivity index is 3.22. The first-order valence-electron chi connectivity index (χ1n) is 3.59. The van der Waals surface area contributed by atoms with E-state index in [4.69, 9.17) is 9.84 Å². The molecule has 0 radical (unpaired) electrons.